The van der Waals surface area contributed by atoms with Crippen molar-refractivity contribution in [1.29, 1.82) is 0 Å². The SMILES string of the molecule is CN(Cc1ncc[nH]1)C(=O)C1CCSC1. The molecule has 0 aliphatic carbocycles. The first-order chi connectivity index (χ1) is 7.27. The van der Waals surface area contributed by atoms with Crippen LogP contribution >= 0.6 is 11.8 Å². The van der Waals surface area contributed by atoms with Gasteiger partial charge in [-0.25, -0.2) is 4.98 Å². The maximum atomic E-state index is 11.9. The predicted molar refractivity (Wildman–Crippen MR) is 60.5 cm³/mol. The molecule has 0 radical (unpaired) electrons. The van der Waals surface area contributed by atoms with Crippen LogP contribution in [0.1, 0.15) is 12.2 Å². The predicted octanol–water partition coefficient (Wildman–Crippen LogP) is 1.12. The average Bonchev–Trinajstić information content (AvgIpc) is 2.88. The minimum atomic E-state index is 0.218. The minimum absolute atomic E-state index is 0.218. The maximum absolute atomic E-state index is 11.9. The quantitative estimate of drug-likeness (QED) is 0.838. The Balaban J connectivity index is 1.89. The first-order valence-corrected chi connectivity index (χ1v) is 6.24. The lowest BCUT2D eigenvalue weighted by molar-refractivity contribution is -0.134. The third-order valence-electron chi connectivity index (χ3n) is 2.60. The zero-order valence-corrected chi connectivity index (χ0v) is 9.59. The van der Waals surface area contributed by atoms with Gasteiger partial charge in [0.2, 0.25) is 5.91 Å². The van der Waals surface area contributed by atoms with E-state index in [4.69, 9.17) is 0 Å². The van der Waals surface area contributed by atoms with Gasteiger partial charge in [0.25, 0.3) is 0 Å². The number of nitrogens with one attached hydrogen (secondary N) is 1. The summed E-state index contributed by atoms with van der Waals surface area (Å²) in [5.74, 6) is 3.40. The highest BCUT2D eigenvalue weighted by Gasteiger charge is 2.26. The number of nitrogens with zero attached hydrogens (tertiary/aromatic N) is 2. The van der Waals surface area contributed by atoms with Crippen LogP contribution in [0.25, 0.3) is 0 Å². The van der Waals surface area contributed by atoms with Gasteiger partial charge in [0, 0.05) is 31.1 Å². The Labute approximate surface area is 93.5 Å². The van der Waals surface area contributed by atoms with Crippen molar-refractivity contribution in [3.05, 3.63) is 18.2 Å². The van der Waals surface area contributed by atoms with Gasteiger partial charge in [-0.1, -0.05) is 0 Å². The van der Waals surface area contributed by atoms with Gasteiger partial charge < -0.3 is 9.88 Å². The second-order valence-electron chi connectivity index (χ2n) is 3.79. The van der Waals surface area contributed by atoms with Crippen LogP contribution in [-0.2, 0) is 11.3 Å². The Morgan fingerprint density at radius 1 is 1.80 bits per heavy atom. The van der Waals surface area contributed by atoms with Crippen LogP contribution in [0.5, 0.6) is 0 Å². The molecule has 1 N–H and O–H groups in total. The summed E-state index contributed by atoms with van der Waals surface area (Å²) in [7, 11) is 1.84. The van der Waals surface area contributed by atoms with Gasteiger partial charge in [-0.15, -0.1) is 0 Å². The molecule has 1 aromatic heterocycles. The van der Waals surface area contributed by atoms with Crippen molar-refractivity contribution in [1.82, 2.24) is 14.9 Å². The number of hydrogen-bond donors (Lipinski definition) is 1. The van der Waals surface area contributed by atoms with Gasteiger partial charge in [-0.05, 0) is 12.2 Å². The molecule has 1 aliphatic heterocycles. The molecule has 0 aromatic carbocycles. The summed E-state index contributed by atoms with van der Waals surface area (Å²) >= 11 is 1.86. The van der Waals surface area contributed by atoms with Crippen molar-refractivity contribution in [2.75, 3.05) is 18.6 Å². The first-order valence-electron chi connectivity index (χ1n) is 5.08. The van der Waals surface area contributed by atoms with Crippen LogP contribution in [0, 0.1) is 5.92 Å². The zero-order chi connectivity index (χ0) is 10.7. The molecule has 5 heteroatoms. The van der Waals surface area contributed by atoms with Crippen molar-refractivity contribution in [2.24, 2.45) is 5.92 Å². The van der Waals surface area contributed by atoms with Crippen LogP contribution in [-0.4, -0.2) is 39.3 Å². The molecule has 1 unspecified atom stereocenters. The summed E-state index contributed by atoms with van der Waals surface area (Å²) in [5, 5.41) is 0. The van der Waals surface area contributed by atoms with E-state index in [0.29, 0.717) is 6.54 Å². The molecule has 1 atom stereocenters. The molecule has 82 valence electrons. The van der Waals surface area contributed by atoms with Crippen LogP contribution in [0.3, 0.4) is 0 Å². The molecular weight excluding hydrogens is 210 g/mol. The number of rotatable bonds is 3. The maximum Gasteiger partial charge on any atom is 0.226 e. The zero-order valence-electron chi connectivity index (χ0n) is 8.77. The number of carbonyl (C=O) groups excluding carboxylic acids is 1. The summed E-state index contributed by atoms with van der Waals surface area (Å²) in [4.78, 5) is 20.8. The normalized spacial score (nSPS) is 20.5. The van der Waals surface area contributed by atoms with Crippen molar-refractivity contribution in [3.63, 3.8) is 0 Å². The summed E-state index contributed by atoms with van der Waals surface area (Å²) in [6.07, 6.45) is 4.50. The van der Waals surface area contributed by atoms with Crippen molar-refractivity contribution in [3.8, 4) is 0 Å². The third kappa shape index (κ3) is 2.53. The van der Waals surface area contributed by atoms with Gasteiger partial charge in [0.15, 0.2) is 0 Å². The standard InChI is InChI=1S/C10H15N3OS/c1-13(6-9-11-3-4-12-9)10(14)8-2-5-15-7-8/h3-4,8H,2,5-7H2,1H3,(H,11,12). The van der Waals surface area contributed by atoms with E-state index in [1.54, 1.807) is 17.3 Å². The van der Waals surface area contributed by atoms with Crippen LogP contribution < -0.4 is 0 Å². The molecule has 1 saturated heterocycles. The van der Waals surface area contributed by atoms with Crippen LogP contribution in [0.2, 0.25) is 0 Å². The highest BCUT2D eigenvalue weighted by atomic mass is 32.2. The lowest BCUT2D eigenvalue weighted by atomic mass is 10.1. The third-order valence-corrected chi connectivity index (χ3v) is 3.76. The van der Waals surface area contributed by atoms with Gasteiger partial charge in [-0.2, -0.15) is 11.8 Å². The smallest absolute Gasteiger partial charge is 0.226 e. The number of H-pyrrole nitrogens is 1. The Bertz CT molecular complexity index is 319. The van der Waals surface area contributed by atoms with Gasteiger partial charge in [0.1, 0.15) is 5.82 Å². The Kier molecular flexibility index (Phi) is 3.30. The van der Waals surface area contributed by atoms with E-state index in [1.807, 2.05) is 18.8 Å². The molecule has 0 spiro atoms. The Morgan fingerprint density at radius 3 is 3.27 bits per heavy atom. The number of imidazole rings is 1. The van der Waals surface area contributed by atoms with Crippen molar-refractivity contribution in [2.45, 2.75) is 13.0 Å². The average molecular weight is 225 g/mol. The fourth-order valence-corrected chi connectivity index (χ4v) is 2.94. The molecule has 0 saturated carbocycles. The molecule has 4 nitrogen and oxygen atoms in total. The topological polar surface area (TPSA) is 49.0 Å². The number of thioether (sulfide) groups is 1. The monoisotopic (exact) mass is 225 g/mol. The molecule has 1 amide bonds. The molecule has 0 bridgehead atoms. The summed E-state index contributed by atoms with van der Waals surface area (Å²) < 4.78 is 0. The van der Waals surface area contributed by atoms with Crippen LogP contribution in [0.4, 0.5) is 0 Å². The number of aromatic nitrogens is 2. The molecule has 2 heterocycles. The number of carbonyl (C=O) groups is 1. The van der Waals surface area contributed by atoms with Gasteiger partial charge >= 0.3 is 0 Å². The van der Waals surface area contributed by atoms with E-state index in [2.05, 4.69) is 9.97 Å². The van der Waals surface area contributed by atoms with E-state index in [1.165, 1.54) is 0 Å². The van der Waals surface area contributed by atoms with E-state index in [0.717, 1.165) is 23.8 Å². The highest BCUT2D eigenvalue weighted by molar-refractivity contribution is 7.99. The van der Waals surface area contributed by atoms with E-state index in [-0.39, 0.29) is 11.8 Å². The summed E-state index contributed by atoms with van der Waals surface area (Å²) in [6, 6.07) is 0. The molecule has 1 fully saturated rings. The van der Waals surface area contributed by atoms with Crippen molar-refractivity contribution < 1.29 is 4.79 Å². The van der Waals surface area contributed by atoms with Gasteiger partial charge in [-0.3, -0.25) is 4.79 Å². The summed E-state index contributed by atoms with van der Waals surface area (Å²) in [5.41, 5.74) is 0. The number of aromatic amines is 1. The molecule has 1 aromatic rings. The number of hydrogen-bond acceptors (Lipinski definition) is 3. The molecular formula is C10H15N3OS. The largest absolute Gasteiger partial charge is 0.347 e. The van der Waals surface area contributed by atoms with E-state index >= 15 is 0 Å². The lowest BCUT2D eigenvalue weighted by Gasteiger charge is -2.19. The fraction of sp³-hybridized carbons (Fsp3) is 0.600. The second kappa shape index (κ2) is 4.70. The fourth-order valence-electron chi connectivity index (χ4n) is 1.73. The Hall–Kier alpha value is -0.970. The van der Waals surface area contributed by atoms with E-state index in [9.17, 15) is 4.79 Å². The van der Waals surface area contributed by atoms with Gasteiger partial charge in [0.05, 0.1) is 6.54 Å². The van der Waals surface area contributed by atoms with Crippen LogP contribution in [0.15, 0.2) is 12.4 Å². The number of amides is 1. The molecule has 2 rings (SSSR count). The highest BCUT2D eigenvalue weighted by Crippen LogP contribution is 2.25. The first kappa shape index (κ1) is 10.5. The molecule has 1 aliphatic rings. The summed E-state index contributed by atoms with van der Waals surface area (Å²) in [6.45, 7) is 0.576. The lowest BCUT2D eigenvalue weighted by Crippen LogP contribution is -2.32. The molecule has 15 heavy (non-hydrogen) atoms. The second-order valence-corrected chi connectivity index (χ2v) is 4.94. The minimum Gasteiger partial charge on any atom is -0.347 e. The van der Waals surface area contributed by atoms with Crippen molar-refractivity contribution >= 4 is 17.7 Å². The Morgan fingerprint density at radius 2 is 2.67 bits per heavy atom. The van der Waals surface area contributed by atoms with E-state index < -0.39 is 0 Å².